The Morgan fingerprint density at radius 3 is 2.38 bits per heavy atom. The molecule has 29 heavy (non-hydrogen) atoms. The van der Waals surface area contributed by atoms with E-state index in [0.717, 1.165) is 29.5 Å². The number of piperazine rings is 1. The molecule has 0 unspecified atom stereocenters. The molecule has 1 aliphatic heterocycles. The lowest BCUT2D eigenvalue weighted by atomic mass is 10.2. The molecule has 3 amide bonds. The highest BCUT2D eigenvalue weighted by Crippen LogP contribution is 2.22. The van der Waals surface area contributed by atoms with Crippen LogP contribution in [-0.4, -0.2) is 53.7 Å². The van der Waals surface area contributed by atoms with Gasteiger partial charge in [0.25, 0.3) is 0 Å². The van der Waals surface area contributed by atoms with Crippen molar-refractivity contribution in [3.8, 4) is 0 Å². The maximum Gasteiger partial charge on any atom is 0.321 e. The summed E-state index contributed by atoms with van der Waals surface area (Å²) in [7, 11) is 0. The molecule has 0 aromatic heterocycles. The van der Waals surface area contributed by atoms with Crippen LogP contribution in [0.25, 0.3) is 0 Å². The van der Waals surface area contributed by atoms with E-state index in [-0.39, 0.29) is 17.7 Å². The number of nitrogens with one attached hydrogen (secondary N) is 1. The van der Waals surface area contributed by atoms with Gasteiger partial charge in [-0.15, -0.1) is 11.8 Å². The second-order valence-electron chi connectivity index (χ2n) is 6.63. The topological polar surface area (TPSA) is 52.7 Å². The number of benzene rings is 2. The Kier molecular flexibility index (Phi) is 6.97. The zero-order valence-corrected chi connectivity index (χ0v) is 17.3. The van der Waals surface area contributed by atoms with Gasteiger partial charge in [-0.2, -0.15) is 0 Å². The van der Waals surface area contributed by atoms with E-state index in [0.29, 0.717) is 41.8 Å². The maximum absolute atomic E-state index is 13.2. The van der Waals surface area contributed by atoms with Gasteiger partial charge in [0.05, 0.1) is 5.75 Å². The molecule has 0 spiro atoms. The first kappa shape index (κ1) is 21.4. The third-order valence-corrected chi connectivity index (χ3v) is 5.98. The van der Waals surface area contributed by atoms with Crippen molar-refractivity contribution < 1.29 is 18.4 Å². The number of aryl methyl sites for hydroxylation is 1. The van der Waals surface area contributed by atoms with E-state index in [1.807, 2.05) is 13.0 Å². The molecule has 2 aromatic carbocycles. The van der Waals surface area contributed by atoms with Crippen LogP contribution in [0.2, 0.25) is 5.02 Å². The summed E-state index contributed by atoms with van der Waals surface area (Å²) >= 11 is 7.23. The van der Waals surface area contributed by atoms with Crippen molar-refractivity contribution in [1.82, 2.24) is 9.80 Å². The summed E-state index contributed by atoms with van der Waals surface area (Å²) in [5.74, 6) is -1.83. The Morgan fingerprint density at radius 1 is 1.03 bits per heavy atom. The van der Waals surface area contributed by atoms with Crippen LogP contribution in [0, 0.1) is 18.6 Å². The Hall–Kier alpha value is -2.32. The molecule has 5 nitrogen and oxygen atoms in total. The second kappa shape index (κ2) is 9.45. The van der Waals surface area contributed by atoms with Gasteiger partial charge in [0.2, 0.25) is 5.91 Å². The fourth-order valence-electron chi connectivity index (χ4n) is 2.84. The number of nitrogens with zero attached hydrogens (tertiary/aromatic N) is 2. The highest BCUT2D eigenvalue weighted by atomic mass is 35.5. The smallest absolute Gasteiger partial charge is 0.321 e. The minimum atomic E-state index is -0.933. The Bertz CT molecular complexity index is 921. The molecule has 0 saturated carbocycles. The molecule has 9 heteroatoms. The van der Waals surface area contributed by atoms with Crippen LogP contribution in [0.5, 0.6) is 0 Å². The zero-order chi connectivity index (χ0) is 21.0. The van der Waals surface area contributed by atoms with Crippen molar-refractivity contribution in [3.05, 3.63) is 58.6 Å². The number of urea groups is 1. The third-order valence-electron chi connectivity index (χ3n) is 4.60. The lowest BCUT2D eigenvalue weighted by Gasteiger charge is -2.34. The minimum Gasteiger partial charge on any atom is -0.338 e. The van der Waals surface area contributed by atoms with Gasteiger partial charge in [0.1, 0.15) is 0 Å². The average Bonchev–Trinajstić information content (AvgIpc) is 2.71. The van der Waals surface area contributed by atoms with Gasteiger partial charge in [-0.05, 0) is 42.8 Å². The summed E-state index contributed by atoms with van der Waals surface area (Å²) in [6, 6.07) is 8.63. The number of halogens is 3. The van der Waals surface area contributed by atoms with Gasteiger partial charge >= 0.3 is 6.03 Å². The molecule has 154 valence electrons. The Morgan fingerprint density at radius 2 is 1.72 bits per heavy atom. The minimum absolute atomic E-state index is 0.106. The second-order valence-corrected chi connectivity index (χ2v) is 8.08. The van der Waals surface area contributed by atoms with Crippen LogP contribution < -0.4 is 5.32 Å². The lowest BCUT2D eigenvalue weighted by Crippen LogP contribution is -2.52. The van der Waals surface area contributed by atoms with Crippen LogP contribution in [0.15, 0.2) is 41.3 Å². The maximum atomic E-state index is 13.2. The van der Waals surface area contributed by atoms with E-state index < -0.39 is 11.6 Å². The van der Waals surface area contributed by atoms with Gasteiger partial charge in [0.15, 0.2) is 11.6 Å². The van der Waals surface area contributed by atoms with Crippen LogP contribution in [0.3, 0.4) is 0 Å². The number of rotatable bonds is 4. The molecule has 0 aliphatic carbocycles. The number of hydrogen-bond acceptors (Lipinski definition) is 3. The highest BCUT2D eigenvalue weighted by molar-refractivity contribution is 8.00. The van der Waals surface area contributed by atoms with E-state index in [4.69, 9.17) is 11.6 Å². The molecule has 3 rings (SSSR count). The van der Waals surface area contributed by atoms with Gasteiger partial charge in [-0.1, -0.05) is 17.7 Å². The molecule has 2 aromatic rings. The lowest BCUT2D eigenvalue weighted by molar-refractivity contribution is -0.129. The first-order valence-electron chi connectivity index (χ1n) is 9.01. The summed E-state index contributed by atoms with van der Waals surface area (Å²) in [4.78, 5) is 28.6. The molecular formula is C20H20ClF2N3O2S. The third kappa shape index (κ3) is 5.61. The summed E-state index contributed by atoms with van der Waals surface area (Å²) in [5.41, 5.74) is 1.55. The number of carbonyl (C=O) groups is 2. The molecule has 1 aliphatic rings. The highest BCUT2D eigenvalue weighted by Gasteiger charge is 2.24. The van der Waals surface area contributed by atoms with Crippen molar-refractivity contribution in [2.45, 2.75) is 11.8 Å². The molecule has 0 bridgehead atoms. The number of carbonyl (C=O) groups excluding carboxylic acids is 2. The van der Waals surface area contributed by atoms with E-state index in [1.54, 1.807) is 21.9 Å². The van der Waals surface area contributed by atoms with Gasteiger partial charge in [-0.25, -0.2) is 13.6 Å². The van der Waals surface area contributed by atoms with Crippen LogP contribution in [-0.2, 0) is 4.79 Å². The number of thioether (sulfide) groups is 1. The predicted octanol–water partition coefficient (Wildman–Crippen LogP) is 4.40. The van der Waals surface area contributed by atoms with Gasteiger partial charge in [-0.3, -0.25) is 4.79 Å². The Labute approximate surface area is 177 Å². The largest absolute Gasteiger partial charge is 0.338 e. The van der Waals surface area contributed by atoms with Crippen molar-refractivity contribution in [2.75, 3.05) is 37.2 Å². The fourth-order valence-corrected chi connectivity index (χ4v) is 3.84. The van der Waals surface area contributed by atoms with Gasteiger partial charge in [0, 0.05) is 41.8 Å². The quantitative estimate of drug-likeness (QED) is 0.718. The molecule has 1 N–H and O–H groups in total. The van der Waals surface area contributed by atoms with Crippen molar-refractivity contribution >= 4 is 41.0 Å². The standard InChI is InChI=1S/C20H20ClF2N3O2S/c1-13-2-3-14(10-16(13)21)24-20(28)26-8-6-25(7-9-26)19(27)12-29-15-4-5-17(22)18(23)11-15/h2-5,10-11H,6-9,12H2,1H3,(H,24,28). The van der Waals surface area contributed by atoms with Crippen molar-refractivity contribution in [1.29, 1.82) is 0 Å². The summed E-state index contributed by atoms with van der Waals surface area (Å²) in [6.45, 7) is 3.54. The van der Waals surface area contributed by atoms with Crippen LogP contribution >= 0.6 is 23.4 Å². The molecule has 0 atom stereocenters. The van der Waals surface area contributed by atoms with Gasteiger partial charge < -0.3 is 15.1 Å². The first-order chi connectivity index (χ1) is 13.8. The summed E-state index contributed by atoms with van der Waals surface area (Å²) in [5, 5.41) is 3.39. The number of anilines is 1. The van der Waals surface area contributed by atoms with Crippen LogP contribution in [0.4, 0.5) is 19.3 Å². The molecule has 1 heterocycles. The van der Waals surface area contributed by atoms with E-state index in [9.17, 15) is 18.4 Å². The molecular weight excluding hydrogens is 420 g/mol. The SMILES string of the molecule is Cc1ccc(NC(=O)N2CCN(C(=O)CSc3ccc(F)c(F)c3)CC2)cc1Cl. The first-order valence-corrected chi connectivity index (χ1v) is 10.4. The van der Waals surface area contributed by atoms with E-state index in [2.05, 4.69) is 5.32 Å². The van der Waals surface area contributed by atoms with Crippen molar-refractivity contribution in [3.63, 3.8) is 0 Å². The number of hydrogen-bond donors (Lipinski definition) is 1. The molecule has 0 radical (unpaired) electrons. The average molecular weight is 440 g/mol. The fraction of sp³-hybridized carbons (Fsp3) is 0.300. The summed E-state index contributed by atoms with van der Waals surface area (Å²) in [6.07, 6.45) is 0. The van der Waals surface area contributed by atoms with Crippen molar-refractivity contribution in [2.24, 2.45) is 0 Å². The molecule has 1 saturated heterocycles. The van der Waals surface area contributed by atoms with E-state index in [1.165, 1.54) is 6.07 Å². The van der Waals surface area contributed by atoms with E-state index >= 15 is 0 Å². The monoisotopic (exact) mass is 439 g/mol. The summed E-state index contributed by atoms with van der Waals surface area (Å²) < 4.78 is 26.2. The normalized spacial score (nSPS) is 14.1. The Balaban J connectivity index is 1.46. The number of amides is 3. The molecule has 1 fully saturated rings. The zero-order valence-electron chi connectivity index (χ0n) is 15.8. The van der Waals surface area contributed by atoms with Crippen LogP contribution in [0.1, 0.15) is 5.56 Å². The predicted molar refractivity (Wildman–Crippen MR) is 110 cm³/mol.